The summed E-state index contributed by atoms with van der Waals surface area (Å²) >= 11 is 0. The van der Waals surface area contributed by atoms with Crippen molar-refractivity contribution in [2.45, 2.75) is 39.8 Å². The van der Waals surface area contributed by atoms with Crippen LogP contribution in [0.25, 0.3) is 0 Å². The Hall–Kier alpha value is -1.76. The number of nitrogen functional groups attached to an aromatic ring is 1. The first-order chi connectivity index (χ1) is 9.81. The number of aromatic nitrogens is 2. The molecule has 7 nitrogen and oxygen atoms in total. The second-order valence-corrected chi connectivity index (χ2v) is 5.56. The molecule has 0 aromatic carbocycles. The summed E-state index contributed by atoms with van der Waals surface area (Å²) in [4.78, 5) is 26.4. The van der Waals surface area contributed by atoms with E-state index in [0.29, 0.717) is 24.8 Å². The van der Waals surface area contributed by atoms with Crippen LogP contribution in [0, 0.1) is 0 Å². The van der Waals surface area contributed by atoms with E-state index >= 15 is 0 Å². The van der Waals surface area contributed by atoms with Crippen LogP contribution in [0.5, 0.6) is 0 Å². The number of nitrogens with two attached hydrogens (primary N) is 1. The monoisotopic (exact) mass is 297 g/mol. The molecule has 0 aliphatic carbocycles. The van der Waals surface area contributed by atoms with E-state index in [0.717, 1.165) is 17.5 Å². The van der Waals surface area contributed by atoms with Crippen LogP contribution in [-0.2, 0) is 13.6 Å². The molecule has 1 aromatic heterocycles. The maximum Gasteiger partial charge on any atom is 0.332 e. The highest BCUT2D eigenvalue weighted by molar-refractivity contribution is 5.60. The van der Waals surface area contributed by atoms with Gasteiger partial charge in [0.1, 0.15) is 11.5 Å². The summed E-state index contributed by atoms with van der Waals surface area (Å²) in [5.41, 5.74) is 5.55. The van der Waals surface area contributed by atoms with Gasteiger partial charge in [0.15, 0.2) is 0 Å². The van der Waals surface area contributed by atoms with Gasteiger partial charge in [-0.1, -0.05) is 6.92 Å². The maximum absolute atomic E-state index is 12.2. The fourth-order valence-electron chi connectivity index (χ4n) is 2.00. The molecular weight excluding hydrogens is 270 g/mol. The highest BCUT2D eigenvalue weighted by Gasteiger charge is 2.14. The lowest BCUT2D eigenvalue weighted by Crippen LogP contribution is -2.41. The molecule has 0 aliphatic rings. The van der Waals surface area contributed by atoms with Gasteiger partial charge in [0.25, 0.3) is 5.56 Å². The minimum absolute atomic E-state index is 0.220. The first kappa shape index (κ1) is 17.3. The third kappa shape index (κ3) is 3.87. The van der Waals surface area contributed by atoms with E-state index < -0.39 is 0 Å². The zero-order valence-electron chi connectivity index (χ0n) is 13.6. The van der Waals surface area contributed by atoms with Crippen LogP contribution in [0.1, 0.15) is 27.2 Å². The molecule has 0 atom stereocenters. The van der Waals surface area contributed by atoms with Crippen molar-refractivity contribution in [1.29, 1.82) is 0 Å². The van der Waals surface area contributed by atoms with Crippen molar-refractivity contribution in [2.24, 2.45) is 7.05 Å². The fraction of sp³-hybridized carbons (Fsp3) is 0.714. The number of anilines is 2. The molecule has 0 aliphatic heterocycles. The van der Waals surface area contributed by atoms with Crippen molar-refractivity contribution in [3.05, 3.63) is 20.8 Å². The zero-order chi connectivity index (χ0) is 16.2. The molecule has 0 amide bonds. The molecule has 0 unspecified atom stereocenters. The standard InChI is InChI=1S/C14H27N5O2/c1-6-8-19-12(15)11(13(20)18(5)14(19)21)16-7-9-17(4)10(2)3/h10,16H,6-9,15H2,1-5H3. The summed E-state index contributed by atoms with van der Waals surface area (Å²) in [6.45, 7) is 8.05. The summed E-state index contributed by atoms with van der Waals surface area (Å²) in [7, 11) is 3.49. The molecule has 0 fully saturated rings. The summed E-state index contributed by atoms with van der Waals surface area (Å²) in [5, 5.41) is 3.07. The average Bonchev–Trinajstić information content (AvgIpc) is 2.44. The molecule has 7 heteroatoms. The molecular formula is C14H27N5O2. The first-order valence-corrected chi connectivity index (χ1v) is 7.34. The van der Waals surface area contributed by atoms with Gasteiger partial charge in [-0.05, 0) is 27.3 Å². The summed E-state index contributed by atoms with van der Waals surface area (Å²) in [5.74, 6) is 0.220. The van der Waals surface area contributed by atoms with Gasteiger partial charge in [-0.15, -0.1) is 0 Å². The lowest BCUT2D eigenvalue weighted by molar-refractivity contribution is 0.284. The van der Waals surface area contributed by atoms with Gasteiger partial charge in [0.05, 0.1) is 0 Å². The number of nitrogens with one attached hydrogen (secondary N) is 1. The number of hydrogen-bond acceptors (Lipinski definition) is 5. The molecule has 3 N–H and O–H groups in total. The second-order valence-electron chi connectivity index (χ2n) is 5.56. The third-order valence-electron chi connectivity index (χ3n) is 3.68. The van der Waals surface area contributed by atoms with E-state index in [1.54, 1.807) is 0 Å². The predicted molar refractivity (Wildman–Crippen MR) is 86.9 cm³/mol. The van der Waals surface area contributed by atoms with Crippen LogP contribution in [0.4, 0.5) is 11.5 Å². The van der Waals surface area contributed by atoms with Gasteiger partial charge in [0, 0.05) is 32.7 Å². The topological polar surface area (TPSA) is 85.3 Å². The lowest BCUT2D eigenvalue weighted by Gasteiger charge is -2.22. The summed E-state index contributed by atoms with van der Waals surface area (Å²) in [6.07, 6.45) is 0.776. The van der Waals surface area contributed by atoms with Gasteiger partial charge in [0.2, 0.25) is 0 Å². The summed E-state index contributed by atoms with van der Waals surface area (Å²) < 4.78 is 2.54. The second kappa shape index (κ2) is 7.31. The van der Waals surface area contributed by atoms with E-state index in [2.05, 4.69) is 24.1 Å². The van der Waals surface area contributed by atoms with Crippen molar-refractivity contribution in [3.63, 3.8) is 0 Å². The van der Waals surface area contributed by atoms with Crippen LogP contribution in [-0.4, -0.2) is 40.2 Å². The Bertz CT molecular complexity index is 588. The van der Waals surface area contributed by atoms with E-state index in [1.165, 1.54) is 11.6 Å². The molecule has 0 radical (unpaired) electrons. The Kier molecular flexibility index (Phi) is 6.02. The average molecular weight is 297 g/mol. The quantitative estimate of drug-likeness (QED) is 0.755. The maximum atomic E-state index is 12.2. The van der Waals surface area contributed by atoms with Gasteiger partial charge in [-0.2, -0.15) is 0 Å². The Morgan fingerprint density at radius 2 is 1.95 bits per heavy atom. The molecule has 1 rings (SSSR count). The van der Waals surface area contributed by atoms with E-state index in [1.807, 2.05) is 14.0 Å². The van der Waals surface area contributed by atoms with Crippen molar-refractivity contribution >= 4 is 11.5 Å². The highest BCUT2D eigenvalue weighted by atomic mass is 16.2. The van der Waals surface area contributed by atoms with Crippen molar-refractivity contribution in [2.75, 3.05) is 31.2 Å². The minimum Gasteiger partial charge on any atom is -0.383 e. The minimum atomic E-state index is -0.378. The molecule has 0 saturated heterocycles. The van der Waals surface area contributed by atoms with Gasteiger partial charge in [-0.25, -0.2) is 4.79 Å². The van der Waals surface area contributed by atoms with Gasteiger partial charge >= 0.3 is 5.69 Å². The molecule has 0 spiro atoms. The summed E-state index contributed by atoms with van der Waals surface area (Å²) in [6, 6.07) is 0.432. The Balaban J connectivity index is 3.02. The fourth-order valence-corrected chi connectivity index (χ4v) is 2.00. The van der Waals surface area contributed by atoms with Crippen LogP contribution in [0.2, 0.25) is 0 Å². The Morgan fingerprint density at radius 1 is 1.33 bits per heavy atom. The van der Waals surface area contributed by atoms with E-state index in [9.17, 15) is 9.59 Å². The Labute approximate surface area is 125 Å². The molecule has 21 heavy (non-hydrogen) atoms. The molecule has 1 aromatic rings. The zero-order valence-corrected chi connectivity index (χ0v) is 13.6. The largest absolute Gasteiger partial charge is 0.383 e. The number of hydrogen-bond donors (Lipinski definition) is 2. The van der Waals surface area contributed by atoms with Crippen molar-refractivity contribution in [1.82, 2.24) is 14.0 Å². The van der Waals surface area contributed by atoms with Crippen LogP contribution in [0.3, 0.4) is 0 Å². The van der Waals surface area contributed by atoms with Gasteiger partial charge in [-0.3, -0.25) is 13.9 Å². The molecule has 0 saturated carbocycles. The SMILES string of the molecule is CCCn1c(N)c(NCCN(C)C(C)C)c(=O)n(C)c1=O. The number of nitrogens with zero attached hydrogens (tertiary/aromatic N) is 3. The lowest BCUT2D eigenvalue weighted by atomic mass is 10.3. The van der Waals surface area contributed by atoms with E-state index in [4.69, 9.17) is 5.73 Å². The van der Waals surface area contributed by atoms with Crippen molar-refractivity contribution < 1.29 is 0 Å². The number of likely N-dealkylation sites (N-methyl/N-ethyl adjacent to an activating group) is 1. The van der Waals surface area contributed by atoms with Crippen LogP contribution < -0.4 is 22.3 Å². The smallest absolute Gasteiger partial charge is 0.332 e. The van der Waals surface area contributed by atoms with Crippen molar-refractivity contribution in [3.8, 4) is 0 Å². The van der Waals surface area contributed by atoms with E-state index in [-0.39, 0.29) is 17.1 Å². The Morgan fingerprint density at radius 3 is 2.48 bits per heavy atom. The molecule has 0 bridgehead atoms. The first-order valence-electron chi connectivity index (χ1n) is 7.34. The molecule has 1 heterocycles. The highest BCUT2D eigenvalue weighted by Crippen LogP contribution is 2.10. The predicted octanol–water partition coefficient (Wildman–Crippen LogP) is 0.291. The van der Waals surface area contributed by atoms with Crippen LogP contribution in [0.15, 0.2) is 9.59 Å². The van der Waals surface area contributed by atoms with Crippen LogP contribution >= 0.6 is 0 Å². The number of rotatable bonds is 7. The third-order valence-corrected chi connectivity index (χ3v) is 3.68. The molecule has 120 valence electrons. The normalized spacial score (nSPS) is 11.4. The van der Waals surface area contributed by atoms with Gasteiger partial charge < -0.3 is 16.0 Å².